The van der Waals surface area contributed by atoms with E-state index in [2.05, 4.69) is 16.2 Å². The molecule has 0 aromatic heterocycles. The van der Waals surface area contributed by atoms with E-state index in [1.54, 1.807) is 0 Å². The Morgan fingerprint density at radius 2 is 1.73 bits per heavy atom. The van der Waals surface area contributed by atoms with Gasteiger partial charge in [-0.05, 0) is 24.7 Å². The Hall–Kier alpha value is -1.66. The number of carboxylic acids is 1. The van der Waals surface area contributed by atoms with Crippen molar-refractivity contribution in [2.24, 2.45) is 0 Å². The van der Waals surface area contributed by atoms with E-state index in [4.69, 9.17) is 13.5 Å². The van der Waals surface area contributed by atoms with Crippen LogP contribution in [0.15, 0.2) is 24.3 Å². The summed E-state index contributed by atoms with van der Waals surface area (Å²) in [7, 11) is 2.75. The third-order valence-electron chi connectivity index (χ3n) is 2.38. The number of nitrogens with zero attached hydrogens (tertiary/aromatic N) is 1. The topological polar surface area (TPSA) is 115 Å². The Morgan fingerprint density at radius 3 is 2.05 bits per heavy atom. The highest BCUT2D eigenvalue weighted by atomic mass is 32.1. The van der Waals surface area contributed by atoms with Gasteiger partial charge in [-0.2, -0.15) is 8.42 Å². The first-order chi connectivity index (χ1) is 10.4. The van der Waals surface area contributed by atoms with Gasteiger partial charge in [-0.1, -0.05) is 26.2 Å². The van der Waals surface area contributed by atoms with Crippen LogP contribution in [0.25, 0.3) is 0 Å². The van der Waals surface area contributed by atoms with Crippen LogP contribution >= 0.6 is 9.24 Å². The number of rotatable bonds is 6. The van der Waals surface area contributed by atoms with Crippen molar-refractivity contribution in [1.82, 2.24) is 0 Å². The van der Waals surface area contributed by atoms with Gasteiger partial charge in [0.1, 0.15) is 0 Å². The predicted molar refractivity (Wildman–Crippen MR) is 87.7 cm³/mol. The van der Waals surface area contributed by atoms with E-state index in [0.717, 1.165) is 12.1 Å². The van der Waals surface area contributed by atoms with Gasteiger partial charge >= 0.3 is 17.5 Å². The van der Waals surface area contributed by atoms with Gasteiger partial charge in [-0.25, -0.2) is 4.79 Å². The number of carbonyl (C=O) groups is 1. The van der Waals surface area contributed by atoms with Crippen molar-refractivity contribution in [3.63, 3.8) is 0 Å². The van der Waals surface area contributed by atoms with Crippen LogP contribution in [0.4, 0.5) is 5.69 Å². The average molecular weight is 349 g/mol. The molecule has 1 unspecified atom stereocenters. The largest absolute Gasteiger partial charge is 0.478 e. The Labute approximate surface area is 135 Å². The first-order valence-electron chi connectivity index (χ1n) is 6.54. The lowest BCUT2D eigenvalue weighted by atomic mass is 10.2. The molecule has 7 nitrogen and oxygen atoms in total. The number of benzene rings is 1. The van der Waals surface area contributed by atoms with Crippen LogP contribution in [0.1, 0.15) is 43.0 Å². The van der Waals surface area contributed by atoms with Crippen molar-refractivity contribution in [2.45, 2.75) is 32.6 Å². The molecule has 0 bridgehead atoms. The smallest absolute Gasteiger partial charge is 0.335 e. The standard InChI is InChI=1S/C7H5NO4.C6H15P.O2S/c9-7(10)5-1-3-6(4-2-5)8(11)12;1-2-3-4-5-6-7;1-3-2/h1-4H,(H,9,10);2-7H2,1H3;. The molecule has 0 saturated carbocycles. The fourth-order valence-corrected chi connectivity index (χ4v) is 1.59. The van der Waals surface area contributed by atoms with Gasteiger partial charge < -0.3 is 5.11 Å². The summed E-state index contributed by atoms with van der Waals surface area (Å²) in [5, 5.41) is 18.6. The third kappa shape index (κ3) is 13.3. The van der Waals surface area contributed by atoms with Crippen LogP contribution in [-0.4, -0.2) is 30.6 Å². The first kappa shape index (κ1) is 22.6. The molecule has 0 aliphatic rings. The molecule has 1 aromatic rings. The van der Waals surface area contributed by atoms with Gasteiger partial charge in [0.05, 0.1) is 10.5 Å². The van der Waals surface area contributed by atoms with E-state index >= 15 is 0 Å². The maximum Gasteiger partial charge on any atom is 0.335 e. The minimum absolute atomic E-state index is 0.0422. The van der Waals surface area contributed by atoms with E-state index < -0.39 is 22.5 Å². The zero-order valence-electron chi connectivity index (χ0n) is 12.3. The number of aromatic carboxylic acids is 1. The molecule has 0 heterocycles. The van der Waals surface area contributed by atoms with E-state index in [-0.39, 0.29) is 11.3 Å². The monoisotopic (exact) mass is 349 g/mol. The lowest BCUT2D eigenvalue weighted by Crippen LogP contribution is -1.96. The second-order valence-corrected chi connectivity index (χ2v) is 4.74. The highest BCUT2D eigenvalue weighted by molar-refractivity contribution is 7.51. The molecular weight excluding hydrogens is 329 g/mol. The predicted octanol–water partition coefficient (Wildman–Crippen LogP) is 3.06. The molecule has 0 radical (unpaired) electrons. The number of hydrogen-bond acceptors (Lipinski definition) is 5. The van der Waals surface area contributed by atoms with Gasteiger partial charge in [0.15, 0.2) is 0 Å². The average Bonchev–Trinajstić information content (AvgIpc) is 2.49. The van der Waals surface area contributed by atoms with Crippen molar-refractivity contribution in [3.05, 3.63) is 39.9 Å². The molecular formula is C13H20NO6PS. The van der Waals surface area contributed by atoms with Crippen molar-refractivity contribution in [2.75, 3.05) is 6.16 Å². The number of carboxylic acid groups (broad SMARTS) is 1. The maximum absolute atomic E-state index is 10.3. The quantitative estimate of drug-likeness (QED) is 0.365. The zero-order valence-corrected chi connectivity index (χ0v) is 14.2. The molecule has 0 amide bonds. The minimum atomic E-state index is -1.09. The number of non-ortho nitro benzene ring substituents is 1. The molecule has 1 atom stereocenters. The fraction of sp³-hybridized carbons (Fsp3) is 0.462. The van der Waals surface area contributed by atoms with Gasteiger partial charge in [-0.15, -0.1) is 9.24 Å². The molecule has 0 aliphatic heterocycles. The molecule has 1 N–H and O–H groups in total. The lowest BCUT2D eigenvalue weighted by molar-refractivity contribution is -0.384. The van der Waals surface area contributed by atoms with Crippen LogP contribution in [-0.2, 0) is 11.6 Å². The maximum atomic E-state index is 10.3. The van der Waals surface area contributed by atoms with Crippen LogP contribution in [0.2, 0.25) is 0 Å². The number of hydrogen-bond donors (Lipinski definition) is 1. The van der Waals surface area contributed by atoms with Crippen molar-refractivity contribution < 1.29 is 23.2 Å². The summed E-state index contributed by atoms with van der Waals surface area (Å²) in [5.74, 6) is -1.09. The molecule has 0 spiro atoms. The van der Waals surface area contributed by atoms with Gasteiger partial charge in [0, 0.05) is 12.1 Å². The molecule has 1 aromatic carbocycles. The minimum Gasteiger partial charge on any atom is -0.478 e. The molecule has 124 valence electrons. The van der Waals surface area contributed by atoms with Crippen LogP contribution in [0.5, 0.6) is 0 Å². The van der Waals surface area contributed by atoms with Gasteiger partial charge in [0.25, 0.3) is 5.69 Å². The molecule has 0 saturated heterocycles. The van der Waals surface area contributed by atoms with Crippen LogP contribution in [0.3, 0.4) is 0 Å². The zero-order chi connectivity index (χ0) is 17.4. The number of nitro benzene ring substituents is 1. The van der Waals surface area contributed by atoms with E-state index in [1.807, 2.05) is 0 Å². The highest BCUT2D eigenvalue weighted by Gasteiger charge is 2.06. The first-order valence-corrected chi connectivity index (χ1v) is 8.02. The van der Waals surface area contributed by atoms with Crippen LogP contribution < -0.4 is 0 Å². The summed E-state index contributed by atoms with van der Waals surface area (Å²) >= 11 is -0.750. The van der Waals surface area contributed by atoms with Crippen molar-refractivity contribution >= 4 is 32.5 Å². The SMILES string of the molecule is CCCCCCP.O=C(O)c1ccc([N+](=O)[O-])cc1.O=S=O. The second-order valence-electron chi connectivity index (χ2n) is 4.03. The van der Waals surface area contributed by atoms with Crippen molar-refractivity contribution in [3.8, 4) is 0 Å². The van der Waals surface area contributed by atoms with Gasteiger partial charge in [-0.3, -0.25) is 10.1 Å². The Morgan fingerprint density at radius 1 is 1.23 bits per heavy atom. The summed E-state index contributed by atoms with van der Waals surface area (Å²) < 4.78 is 16.6. The summed E-state index contributed by atoms with van der Waals surface area (Å²) in [6.07, 6.45) is 6.84. The number of unbranched alkanes of at least 4 members (excludes halogenated alkanes) is 3. The fourth-order valence-electron chi connectivity index (χ4n) is 1.30. The van der Waals surface area contributed by atoms with E-state index in [1.165, 1.54) is 44.0 Å². The summed E-state index contributed by atoms with van der Waals surface area (Å²) in [4.78, 5) is 19.9. The number of nitro groups is 1. The van der Waals surface area contributed by atoms with Crippen molar-refractivity contribution in [1.29, 1.82) is 0 Å². The van der Waals surface area contributed by atoms with Gasteiger partial charge in [0.2, 0.25) is 0 Å². The highest BCUT2D eigenvalue weighted by Crippen LogP contribution is 2.11. The molecule has 0 fully saturated rings. The van der Waals surface area contributed by atoms with E-state index in [0.29, 0.717) is 0 Å². The lowest BCUT2D eigenvalue weighted by Gasteiger charge is -1.92. The van der Waals surface area contributed by atoms with Crippen LogP contribution in [0, 0.1) is 10.1 Å². The normalized spacial score (nSPS) is 8.64. The summed E-state index contributed by atoms with van der Waals surface area (Å²) in [6, 6.07) is 4.70. The van der Waals surface area contributed by atoms with E-state index in [9.17, 15) is 14.9 Å². The molecule has 1 rings (SSSR count). The third-order valence-corrected chi connectivity index (χ3v) is 2.79. The molecule has 22 heavy (non-hydrogen) atoms. The Balaban J connectivity index is 0. The summed E-state index contributed by atoms with van der Waals surface area (Å²) in [6.45, 7) is 2.24. The Kier molecular flexibility index (Phi) is 16.2. The molecule has 0 aliphatic carbocycles. The molecule has 9 heteroatoms. The second kappa shape index (κ2) is 15.7. The Bertz CT molecular complexity index is 437. The summed E-state index contributed by atoms with van der Waals surface area (Å²) in [5.41, 5.74) is -0.0689.